The molecule has 1 N–H and O–H groups in total. The zero-order chi connectivity index (χ0) is 16.0. The Morgan fingerprint density at radius 2 is 1.86 bits per heavy atom. The summed E-state index contributed by atoms with van der Waals surface area (Å²) in [6.45, 7) is 7.27. The Hall–Kier alpha value is -2.30. The molecule has 0 bridgehead atoms. The molecular formula is C16H22N2O3. The van der Waals surface area contributed by atoms with Gasteiger partial charge in [0.05, 0.1) is 18.2 Å². The maximum Gasteiger partial charge on any atom is 0.276 e. The summed E-state index contributed by atoms with van der Waals surface area (Å²) >= 11 is 0. The highest BCUT2D eigenvalue weighted by atomic mass is 16.5. The van der Waals surface area contributed by atoms with E-state index in [4.69, 9.17) is 4.74 Å². The van der Waals surface area contributed by atoms with Crippen LogP contribution in [0.2, 0.25) is 0 Å². The van der Waals surface area contributed by atoms with Crippen LogP contribution in [0.1, 0.15) is 38.1 Å². The highest BCUT2D eigenvalue weighted by molar-refractivity contribution is 5.99. The fourth-order valence-electron chi connectivity index (χ4n) is 1.76. The Bertz CT molecular complexity index is 545. The third-order valence-electron chi connectivity index (χ3n) is 2.75. The van der Waals surface area contributed by atoms with Crippen LogP contribution in [0.25, 0.3) is 0 Å². The van der Waals surface area contributed by atoms with Crippen molar-refractivity contribution in [1.82, 2.24) is 10.4 Å². The van der Waals surface area contributed by atoms with Crippen molar-refractivity contribution in [3.63, 3.8) is 0 Å². The van der Waals surface area contributed by atoms with Crippen molar-refractivity contribution in [2.75, 3.05) is 7.11 Å². The maximum absolute atomic E-state index is 12.7. The van der Waals surface area contributed by atoms with Gasteiger partial charge in [-0.15, -0.1) is 0 Å². The van der Waals surface area contributed by atoms with Crippen molar-refractivity contribution in [3.05, 3.63) is 42.0 Å². The minimum Gasteiger partial charge on any atom is -0.496 e. The molecule has 0 saturated carbocycles. The molecule has 0 atom stereocenters. The topological polar surface area (TPSA) is 58.6 Å². The fourth-order valence-corrected chi connectivity index (χ4v) is 1.76. The van der Waals surface area contributed by atoms with E-state index in [9.17, 15) is 9.59 Å². The molecule has 0 aliphatic rings. The molecule has 0 saturated heterocycles. The van der Waals surface area contributed by atoms with Crippen LogP contribution in [0.5, 0.6) is 5.75 Å². The van der Waals surface area contributed by atoms with E-state index in [1.54, 1.807) is 37.3 Å². The molecule has 0 heterocycles. The van der Waals surface area contributed by atoms with Gasteiger partial charge in [0.15, 0.2) is 0 Å². The molecule has 5 nitrogen and oxygen atoms in total. The second-order valence-corrected chi connectivity index (χ2v) is 5.49. The summed E-state index contributed by atoms with van der Waals surface area (Å²) in [4.78, 5) is 24.5. The highest BCUT2D eigenvalue weighted by Crippen LogP contribution is 2.22. The molecule has 0 unspecified atom stereocenters. The lowest BCUT2D eigenvalue weighted by atomic mass is 10.1. The molecule has 5 heteroatoms. The average Bonchev–Trinajstić information content (AvgIpc) is 2.43. The summed E-state index contributed by atoms with van der Waals surface area (Å²) in [5.74, 6) is -0.203. The lowest BCUT2D eigenvalue weighted by molar-refractivity contribution is -0.122. The van der Waals surface area contributed by atoms with Crippen LogP contribution in [0.3, 0.4) is 0 Å². The third-order valence-corrected chi connectivity index (χ3v) is 2.75. The quantitative estimate of drug-likeness (QED) is 0.687. The normalized spacial score (nSPS) is 11.3. The van der Waals surface area contributed by atoms with Crippen LogP contribution in [-0.4, -0.2) is 29.5 Å². The fraction of sp³-hybridized carbons (Fsp3) is 0.375. The molecule has 0 spiro atoms. The van der Waals surface area contributed by atoms with Gasteiger partial charge in [-0.25, -0.2) is 5.01 Å². The van der Waals surface area contributed by atoms with E-state index < -0.39 is 5.54 Å². The van der Waals surface area contributed by atoms with Gasteiger partial charge in [-0.05, 0) is 39.8 Å². The van der Waals surface area contributed by atoms with Gasteiger partial charge in [0.25, 0.3) is 11.8 Å². The molecule has 0 aliphatic carbocycles. The smallest absolute Gasteiger partial charge is 0.276 e. The number of hydrogen-bond acceptors (Lipinski definition) is 3. The first kappa shape index (κ1) is 16.8. The molecule has 1 aromatic rings. The summed E-state index contributed by atoms with van der Waals surface area (Å²) in [6, 6.07) is 6.92. The van der Waals surface area contributed by atoms with Crippen molar-refractivity contribution in [2.45, 2.75) is 33.2 Å². The standard InChI is InChI=1S/C16H22N2O3/c1-6-9-14(19)17-18(16(2,3)4)15(20)12-10-7-8-11-13(12)21-5/h6-11H,1-5H3,(H,17,19). The number of amides is 2. The van der Waals surface area contributed by atoms with Gasteiger partial charge in [0, 0.05) is 6.08 Å². The van der Waals surface area contributed by atoms with Crippen molar-refractivity contribution in [3.8, 4) is 5.75 Å². The van der Waals surface area contributed by atoms with E-state index in [0.29, 0.717) is 11.3 Å². The highest BCUT2D eigenvalue weighted by Gasteiger charge is 2.30. The number of carbonyl (C=O) groups is 2. The number of methoxy groups -OCH3 is 1. The lowest BCUT2D eigenvalue weighted by Gasteiger charge is -2.35. The van der Waals surface area contributed by atoms with Gasteiger partial charge >= 0.3 is 0 Å². The first-order valence-electron chi connectivity index (χ1n) is 6.72. The van der Waals surface area contributed by atoms with Gasteiger partial charge in [0.2, 0.25) is 0 Å². The van der Waals surface area contributed by atoms with Crippen molar-refractivity contribution >= 4 is 11.8 Å². The Morgan fingerprint density at radius 3 is 2.38 bits per heavy atom. The second kappa shape index (κ2) is 6.92. The van der Waals surface area contributed by atoms with E-state index in [0.717, 1.165) is 0 Å². The number of nitrogens with one attached hydrogen (secondary N) is 1. The predicted molar refractivity (Wildman–Crippen MR) is 81.9 cm³/mol. The van der Waals surface area contributed by atoms with Crippen molar-refractivity contribution in [2.24, 2.45) is 0 Å². The minimum absolute atomic E-state index is 0.321. The Balaban J connectivity index is 3.14. The minimum atomic E-state index is -0.574. The molecule has 0 aliphatic heterocycles. The monoisotopic (exact) mass is 290 g/mol. The van der Waals surface area contributed by atoms with Crippen molar-refractivity contribution in [1.29, 1.82) is 0 Å². The molecule has 2 amide bonds. The molecule has 1 aromatic carbocycles. The number of carbonyl (C=O) groups excluding carboxylic acids is 2. The summed E-state index contributed by atoms with van der Waals surface area (Å²) in [6.07, 6.45) is 2.98. The molecule has 1 rings (SSSR count). The number of hydrazine groups is 1. The summed E-state index contributed by atoms with van der Waals surface area (Å²) < 4.78 is 5.21. The average molecular weight is 290 g/mol. The van der Waals surface area contributed by atoms with Gasteiger partial charge in [-0.2, -0.15) is 0 Å². The van der Waals surface area contributed by atoms with E-state index in [1.807, 2.05) is 20.8 Å². The van der Waals surface area contributed by atoms with E-state index >= 15 is 0 Å². The van der Waals surface area contributed by atoms with Gasteiger partial charge in [-0.3, -0.25) is 15.0 Å². The van der Waals surface area contributed by atoms with E-state index in [1.165, 1.54) is 18.2 Å². The number of benzene rings is 1. The van der Waals surface area contributed by atoms with Crippen LogP contribution < -0.4 is 10.2 Å². The predicted octanol–water partition coefficient (Wildman–Crippen LogP) is 2.54. The molecule has 114 valence electrons. The van der Waals surface area contributed by atoms with Crippen LogP contribution in [0, 0.1) is 0 Å². The number of nitrogens with zero attached hydrogens (tertiary/aromatic N) is 1. The van der Waals surface area contributed by atoms with E-state index in [2.05, 4.69) is 5.43 Å². The number of ether oxygens (including phenoxy) is 1. The molecule has 0 aromatic heterocycles. The third kappa shape index (κ3) is 4.34. The molecule has 0 radical (unpaired) electrons. The Labute approximate surface area is 125 Å². The summed E-state index contributed by atoms with van der Waals surface area (Å²) in [5, 5.41) is 1.31. The number of rotatable bonds is 3. The zero-order valence-corrected chi connectivity index (χ0v) is 13.1. The van der Waals surface area contributed by atoms with Crippen LogP contribution >= 0.6 is 0 Å². The van der Waals surface area contributed by atoms with Crippen LogP contribution in [-0.2, 0) is 4.79 Å². The second-order valence-electron chi connectivity index (χ2n) is 5.49. The first-order valence-corrected chi connectivity index (χ1v) is 6.72. The van der Waals surface area contributed by atoms with Gasteiger partial charge < -0.3 is 4.74 Å². The van der Waals surface area contributed by atoms with Crippen LogP contribution in [0.15, 0.2) is 36.4 Å². The SMILES string of the molecule is CC=CC(=O)NN(C(=O)c1ccccc1OC)C(C)(C)C. The maximum atomic E-state index is 12.7. The summed E-state index contributed by atoms with van der Waals surface area (Å²) in [5.41, 5.74) is 2.43. The van der Waals surface area contributed by atoms with Gasteiger partial charge in [0.1, 0.15) is 5.75 Å². The molecule has 0 fully saturated rings. The van der Waals surface area contributed by atoms with Gasteiger partial charge in [-0.1, -0.05) is 18.2 Å². The van der Waals surface area contributed by atoms with Crippen molar-refractivity contribution < 1.29 is 14.3 Å². The largest absolute Gasteiger partial charge is 0.496 e. The Kier molecular flexibility index (Phi) is 5.52. The first-order chi connectivity index (χ1) is 9.81. The lowest BCUT2D eigenvalue weighted by Crippen LogP contribution is -2.55. The summed E-state index contributed by atoms with van der Waals surface area (Å²) in [7, 11) is 1.51. The number of allylic oxidation sites excluding steroid dienone is 1. The number of para-hydroxylation sites is 1. The Morgan fingerprint density at radius 1 is 1.24 bits per heavy atom. The number of hydrogen-bond donors (Lipinski definition) is 1. The molecular weight excluding hydrogens is 268 g/mol. The zero-order valence-electron chi connectivity index (χ0n) is 13.1. The van der Waals surface area contributed by atoms with E-state index in [-0.39, 0.29) is 11.8 Å². The molecule has 21 heavy (non-hydrogen) atoms. The van der Waals surface area contributed by atoms with Crippen LogP contribution in [0.4, 0.5) is 0 Å².